The number of carbonyl (C=O) groups is 1. The molecule has 5 nitrogen and oxygen atoms in total. The number of piperidine rings is 1. The van der Waals surface area contributed by atoms with Crippen LogP contribution in [0.5, 0.6) is 0 Å². The molecule has 154 valence electrons. The predicted molar refractivity (Wildman–Crippen MR) is 110 cm³/mol. The van der Waals surface area contributed by atoms with E-state index in [2.05, 4.69) is 26.1 Å². The third-order valence-corrected chi connectivity index (χ3v) is 9.49. The summed E-state index contributed by atoms with van der Waals surface area (Å²) in [5.74, 6) is 0.483. The van der Waals surface area contributed by atoms with Gasteiger partial charge in [-0.2, -0.15) is 4.31 Å². The van der Waals surface area contributed by atoms with Crippen molar-refractivity contribution in [1.29, 1.82) is 0 Å². The molecule has 1 aromatic rings. The molecule has 0 spiro atoms. The first-order valence-corrected chi connectivity index (χ1v) is 12.0. The van der Waals surface area contributed by atoms with Gasteiger partial charge in [0.15, 0.2) is 0 Å². The number of hydrogen-bond donors (Lipinski definition) is 1. The standard InChI is InChI=1S/C22H32N2O3S/c1-21(2)17-10-11-22(3,15-17)20(21)23-19(25)16-8-7-9-18(14-16)28(26,27)24-12-5-4-6-13-24/h7-9,14,17,20H,4-6,10-13,15H2,1-3H3,(H,23,25)/t17-,20+,22-/m1/s1. The molecule has 2 saturated carbocycles. The lowest BCUT2D eigenvalue weighted by Crippen LogP contribution is -2.52. The topological polar surface area (TPSA) is 66.5 Å². The molecular weight excluding hydrogens is 372 g/mol. The molecule has 0 radical (unpaired) electrons. The fourth-order valence-corrected chi connectivity index (χ4v) is 7.49. The Morgan fingerprint density at radius 3 is 2.50 bits per heavy atom. The summed E-state index contributed by atoms with van der Waals surface area (Å²) >= 11 is 0. The Balaban J connectivity index is 1.55. The average Bonchev–Trinajstić information content (AvgIpc) is 3.17. The number of nitrogens with zero attached hydrogens (tertiary/aromatic N) is 1. The van der Waals surface area contributed by atoms with E-state index in [1.807, 2.05) is 0 Å². The lowest BCUT2D eigenvalue weighted by Gasteiger charge is -2.43. The molecule has 3 fully saturated rings. The van der Waals surface area contributed by atoms with Gasteiger partial charge in [0.05, 0.1) is 4.90 Å². The molecule has 2 bridgehead atoms. The zero-order valence-corrected chi connectivity index (χ0v) is 18.0. The highest BCUT2D eigenvalue weighted by molar-refractivity contribution is 7.89. The van der Waals surface area contributed by atoms with E-state index >= 15 is 0 Å². The molecule has 6 heteroatoms. The predicted octanol–water partition coefficient (Wildman–Crippen LogP) is 3.81. The maximum atomic E-state index is 13.0. The molecule has 1 heterocycles. The Hall–Kier alpha value is -1.40. The van der Waals surface area contributed by atoms with Crippen LogP contribution < -0.4 is 5.32 Å². The first kappa shape index (κ1) is 19.9. The van der Waals surface area contributed by atoms with Gasteiger partial charge in [0.1, 0.15) is 0 Å². The van der Waals surface area contributed by atoms with Gasteiger partial charge in [0.2, 0.25) is 10.0 Å². The molecule has 0 unspecified atom stereocenters. The number of amides is 1. The number of nitrogens with one attached hydrogen (secondary N) is 1. The number of carbonyl (C=O) groups excluding carboxylic acids is 1. The number of hydrogen-bond acceptors (Lipinski definition) is 3. The minimum Gasteiger partial charge on any atom is -0.348 e. The van der Waals surface area contributed by atoms with Gasteiger partial charge in [0, 0.05) is 24.7 Å². The van der Waals surface area contributed by atoms with Crippen LogP contribution in [0.1, 0.15) is 69.7 Å². The smallest absolute Gasteiger partial charge is 0.251 e. The highest BCUT2D eigenvalue weighted by Gasteiger charge is 2.59. The molecular formula is C22H32N2O3S. The number of rotatable bonds is 4. The monoisotopic (exact) mass is 404 g/mol. The second-order valence-electron chi connectivity index (χ2n) is 9.81. The quantitative estimate of drug-likeness (QED) is 0.830. The van der Waals surface area contributed by atoms with Crippen LogP contribution in [0.4, 0.5) is 0 Å². The van der Waals surface area contributed by atoms with Crippen LogP contribution >= 0.6 is 0 Å². The Morgan fingerprint density at radius 2 is 1.86 bits per heavy atom. The molecule has 0 aromatic heterocycles. The maximum Gasteiger partial charge on any atom is 0.251 e. The Bertz CT molecular complexity index is 869. The van der Waals surface area contributed by atoms with Crippen molar-refractivity contribution in [2.45, 2.75) is 70.2 Å². The summed E-state index contributed by atoms with van der Waals surface area (Å²) in [6, 6.07) is 6.66. The third-order valence-electron chi connectivity index (χ3n) is 7.59. The first-order valence-electron chi connectivity index (χ1n) is 10.6. The highest BCUT2D eigenvalue weighted by atomic mass is 32.2. The van der Waals surface area contributed by atoms with E-state index in [0.29, 0.717) is 24.6 Å². The normalized spacial score (nSPS) is 32.4. The SMILES string of the molecule is CC1(C)[C@@H]2CC[C@](C)(C2)[C@H]1NC(=O)c1cccc(S(=O)(=O)N2CCCCC2)c1. The molecule has 3 atom stereocenters. The summed E-state index contributed by atoms with van der Waals surface area (Å²) in [5, 5.41) is 3.27. The summed E-state index contributed by atoms with van der Waals surface area (Å²) in [7, 11) is -3.54. The maximum absolute atomic E-state index is 13.0. The molecule has 1 N–H and O–H groups in total. The largest absolute Gasteiger partial charge is 0.348 e. The van der Waals surface area contributed by atoms with Crippen LogP contribution in [-0.2, 0) is 10.0 Å². The molecule has 28 heavy (non-hydrogen) atoms. The van der Waals surface area contributed by atoms with E-state index in [9.17, 15) is 13.2 Å². The summed E-state index contributed by atoms with van der Waals surface area (Å²) in [4.78, 5) is 13.3. The zero-order valence-electron chi connectivity index (χ0n) is 17.2. The molecule has 3 aliphatic rings. The molecule has 1 saturated heterocycles. The Kier molecular flexibility index (Phi) is 4.86. The zero-order chi connectivity index (χ0) is 20.2. The van der Waals surface area contributed by atoms with Crippen molar-refractivity contribution in [3.63, 3.8) is 0 Å². The van der Waals surface area contributed by atoms with Crippen molar-refractivity contribution in [2.24, 2.45) is 16.7 Å². The highest BCUT2D eigenvalue weighted by Crippen LogP contribution is 2.62. The van der Waals surface area contributed by atoms with Crippen molar-refractivity contribution >= 4 is 15.9 Å². The molecule has 1 aliphatic heterocycles. The van der Waals surface area contributed by atoms with Crippen molar-refractivity contribution in [1.82, 2.24) is 9.62 Å². The number of benzene rings is 1. The van der Waals surface area contributed by atoms with E-state index in [0.717, 1.165) is 32.1 Å². The third kappa shape index (κ3) is 3.18. The molecule has 1 aromatic carbocycles. The number of fused-ring (bicyclic) bond motifs is 2. The number of sulfonamides is 1. The fraction of sp³-hybridized carbons (Fsp3) is 0.682. The first-order chi connectivity index (χ1) is 13.1. The molecule has 1 amide bonds. The van der Waals surface area contributed by atoms with Gasteiger partial charge in [-0.05, 0) is 67.1 Å². The summed E-state index contributed by atoms with van der Waals surface area (Å²) in [6.07, 6.45) is 6.42. The van der Waals surface area contributed by atoms with Crippen LogP contribution in [-0.4, -0.2) is 37.8 Å². The van der Waals surface area contributed by atoms with Crippen LogP contribution in [0, 0.1) is 16.7 Å². The van der Waals surface area contributed by atoms with E-state index < -0.39 is 10.0 Å². The summed E-state index contributed by atoms with van der Waals surface area (Å²) in [6.45, 7) is 7.92. The van der Waals surface area contributed by atoms with Gasteiger partial charge in [-0.25, -0.2) is 8.42 Å². The van der Waals surface area contributed by atoms with E-state index in [1.54, 1.807) is 28.6 Å². The second kappa shape index (κ2) is 6.84. The second-order valence-corrected chi connectivity index (χ2v) is 11.8. The van der Waals surface area contributed by atoms with Gasteiger partial charge in [-0.1, -0.05) is 33.3 Å². The lowest BCUT2D eigenvalue weighted by molar-refractivity contribution is 0.0737. The van der Waals surface area contributed by atoms with Crippen molar-refractivity contribution in [2.75, 3.05) is 13.1 Å². The van der Waals surface area contributed by atoms with E-state index in [4.69, 9.17) is 0 Å². The van der Waals surface area contributed by atoms with E-state index in [1.165, 1.54) is 6.42 Å². The molecule has 2 aliphatic carbocycles. The minimum absolute atomic E-state index is 0.0696. The van der Waals surface area contributed by atoms with Gasteiger partial charge in [0.25, 0.3) is 5.91 Å². The van der Waals surface area contributed by atoms with Crippen LogP contribution in [0.15, 0.2) is 29.2 Å². The van der Waals surface area contributed by atoms with Gasteiger partial charge in [-0.15, -0.1) is 0 Å². The van der Waals surface area contributed by atoms with Crippen LogP contribution in [0.2, 0.25) is 0 Å². The fourth-order valence-electron chi connectivity index (χ4n) is 5.93. The summed E-state index contributed by atoms with van der Waals surface area (Å²) in [5.41, 5.74) is 0.641. The molecule has 4 rings (SSSR count). The average molecular weight is 405 g/mol. The van der Waals surface area contributed by atoms with Crippen LogP contribution in [0.25, 0.3) is 0 Å². The summed E-state index contributed by atoms with van der Waals surface area (Å²) < 4.78 is 27.5. The van der Waals surface area contributed by atoms with Gasteiger partial charge in [-0.3, -0.25) is 4.79 Å². The van der Waals surface area contributed by atoms with Crippen LogP contribution in [0.3, 0.4) is 0 Å². The van der Waals surface area contributed by atoms with E-state index in [-0.39, 0.29) is 27.7 Å². The van der Waals surface area contributed by atoms with Gasteiger partial charge >= 0.3 is 0 Å². The van der Waals surface area contributed by atoms with Gasteiger partial charge < -0.3 is 5.32 Å². The van der Waals surface area contributed by atoms with Crippen molar-refractivity contribution in [3.8, 4) is 0 Å². The minimum atomic E-state index is -3.54. The Labute approximate surface area is 168 Å². The lowest BCUT2D eigenvalue weighted by atomic mass is 9.68. The Morgan fingerprint density at radius 1 is 1.14 bits per heavy atom. The van der Waals surface area contributed by atoms with Crippen molar-refractivity contribution < 1.29 is 13.2 Å². The van der Waals surface area contributed by atoms with Crippen molar-refractivity contribution in [3.05, 3.63) is 29.8 Å².